The highest BCUT2D eigenvalue weighted by molar-refractivity contribution is 6.20. The third-order valence-corrected chi connectivity index (χ3v) is 4.20. The molecule has 4 rings (SSSR count). The van der Waals surface area contributed by atoms with Crippen LogP contribution >= 0.6 is 0 Å². The van der Waals surface area contributed by atoms with E-state index >= 15 is 0 Å². The lowest BCUT2D eigenvalue weighted by molar-refractivity contribution is -0.143. The number of nitrogens with one attached hydrogen (secondary N) is 2. The molecule has 1 aliphatic rings. The molecule has 25 heavy (non-hydrogen) atoms. The Bertz CT molecular complexity index is 997. The van der Waals surface area contributed by atoms with Crippen LogP contribution in [0.3, 0.4) is 0 Å². The molecule has 0 radical (unpaired) electrons. The first-order valence-electron chi connectivity index (χ1n) is 7.83. The molecule has 0 unspecified atom stereocenters. The molecule has 0 fully saturated rings. The molecule has 0 aliphatic carbocycles. The van der Waals surface area contributed by atoms with Gasteiger partial charge < -0.3 is 15.4 Å². The summed E-state index contributed by atoms with van der Waals surface area (Å²) in [5.41, 5.74) is 0.0495. The zero-order chi connectivity index (χ0) is 17.4. The lowest BCUT2D eigenvalue weighted by Gasteiger charge is -2.33. The van der Waals surface area contributed by atoms with Crippen LogP contribution in [0.1, 0.15) is 6.92 Å². The highest BCUT2D eigenvalue weighted by atomic mass is 16.5. The summed E-state index contributed by atoms with van der Waals surface area (Å²) in [5.74, 6) is -0.620. The minimum Gasteiger partial charge on any atom is -0.466 e. The van der Waals surface area contributed by atoms with Gasteiger partial charge in [-0.3, -0.25) is 14.6 Å². The molecular weight excluding hydrogens is 318 g/mol. The second-order valence-electron chi connectivity index (χ2n) is 5.92. The van der Waals surface area contributed by atoms with E-state index in [-0.39, 0.29) is 0 Å². The summed E-state index contributed by atoms with van der Waals surface area (Å²) in [6.45, 7) is 1.45. The van der Waals surface area contributed by atoms with Gasteiger partial charge in [-0.05, 0) is 31.2 Å². The Kier molecular flexibility index (Phi) is 3.39. The van der Waals surface area contributed by atoms with Crippen LogP contribution in [0.2, 0.25) is 0 Å². The fourth-order valence-corrected chi connectivity index (χ4v) is 2.76. The normalized spacial score (nSPS) is 18.8. The first kappa shape index (κ1) is 15.1. The Balaban J connectivity index is 1.67. The van der Waals surface area contributed by atoms with Gasteiger partial charge in [0.1, 0.15) is 5.75 Å². The predicted octanol–water partition coefficient (Wildman–Crippen LogP) is 2.96. The van der Waals surface area contributed by atoms with Gasteiger partial charge in [-0.1, -0.05) is 30.3 Å². The van der Waals surface area contributed by atoms with E-state index < -0.39 is 17.4 Å². The molecule has 6 nitrogen and oxygen atoms in total. The third kappa shape index (κ3) is 2.48. The summed E-state index contributed by atoms with van der Waals surface area (Å²) in [5, 5.41) is 6.38. The molecule has 2 aromatic carbocycles. The van der Waals surface area contributed by atoms with E-state index in [2.05, 4.69) is 15.6 Å². The molecule has 0 spiro atoms. The molecule has 1 aliphatic heterocycles. The Morgan fingerprint density at radius 1 is 1.12 bits per heavy atom. The lowest BCUT2D eigenvalue weighted by Crippen LogP contribution is -2.56. The van der Waals surface area contributed by atoms with Crippen molar-refractivity contribution < 1.29 is 14.3 Å². The van der Waals surface area contributed by atoms with E-state index in [1.807, 2.05) is 24.3 Å². The summed E-state index contributed by atoms with van der Waals surface area (Å²) in [4.78, 5) is 29.6. The Morgan fingerprint density at radius 2 is 1.92 bits per heavy atom. The number of amides is 2. The highest BCUT2D eigenvalue weighted by Crippen LogP contribution is 2.34. The van der Waals surface area contributed by atoms with Crippen molar-refractivity contribution in [3.8, 4) is 5.75 Å². The number of hydrogen-bond acceptors (Lipinski definition) is 4. The number of nitrogens with zero attached hydrogens (tertiary/aromatic N) is 1. The summed E-state index contributed by atoms with van der Waals surface area (Å²) >= 11 is 0. The Morgan fingerprint density at radius 3 is 2.80 bits per heavy atom. The molecule has 1 atom stereocenters. The zero-order valence-electron chi connectivity index (χ0n) is 13.4. The van der Waals surface area contributed by atoms with Gasteiger partial charge in [-0.15, -0.1) is 0 Å². The van der Waals surface area contributed by atoms with E-state index in [9.17, 15) is 9.59 Å². The summed E-state index contributed by atoms with van der Waals surface area (Å²) in [7, 11) is 0. The SMILES string of the molecule is C[C@]1(C(=O)Nc2cccc3cccnc23)Oc2ccccc2NC1=O. The van der Waals surface area contributed by atoms with Crippen molar-refractivity contribution in [3.05, 3.63) is 60.8 Å². The monoisotopic (exact) mass is 333 g/mol. The number of rotatable bonds is 2. The number of carbonyl (C=O) groups is 2. The van der Waals surface area contributed by atoms with Crippen LogP contribution in [0.4, 0.5) is 11.4 Å². The first-order valence-corrected chi connectivity index (χ1v) is 7.83. The minimum atomic E-state index is -1.68. The number of aromatic nitrogens is 1. The molecule has 3 aromatic rings. The molecule has 2 heterocycles. The number of hydrogen-bond donors (Lipinski definition) is 2. The lowest BCUT2D eigenvalue weighted by atomic mass is 10.0. The van der Waals surface area contributed by atoms with E-state index in [4.69, 9.17) is 4.74 Å². The Hall–Kier alpha value is -3.41. The third-order valence-electron chi connectivity index (χ3n) is 4.20. The fourth-order valence-electron chi connectivity index (χ4n) is 2.76. The average Bonchev–Trinajstić information content (AvgIpc) is 2.63. The van der Waals surface area contributed by atoms with E-state index in [1.54, 1.807) is 36.5 Å². The first-order chi connectivity index (χ1) is 12.1. The number of pyridine rings is 1. The van der Waals surface area contributed by atoms with Crippen LogP contribution in [0.25, 0.3) is 10.9 Å². The van der Waals surface area contributed by atoms with E-state index in [0.29, 0.717) is 22.6 Å². The van der Waals surface area contributed by atoms with Gasteiger partial charge >= 0.3 is 0 Å². The molecule has 0 saturated carbocycles. The molecule has 2 N–H and O–H groups in total. The van der Waals surface area contributed by atoms with Crippen molar-refractivity contribution in [1.29, 1.82) is 0 Å². The molecule has 1 aromatic heterocycles. The maximum Gasteiger partial charge on any atom is 0.278 e. The molecule has 2 amide bonds. The van der Waals surface area contributed by atoms with Crippen LogP contribution in [-0.4, -0.2) is 22.4 Å². The van der Waals surface area contributed by atoms with Gasteiger partial charge in [0, 0.05) is 11.6 Å². The van der Waals surface area contributed by atoms with Gasteiger partial charge in [0.05, 0.1) is 16.9 Å². The van der Waals surface area contributed by atoms with E-state index in [1.165, 1.54) is 6.92 Å². The van der Waals surface area contributed by atoms with Gasteiger partial charge in [-0.2, -0.15) is 0 Å². The van der Waals surface area contributed by atoms with Crippen LogP contribution in [0.15, 0.2) is 60.8 Å². The van der Waals surface area contributed by atoms with Crippen molar-refractivity contribution in [2.24, 2.45) is 0 Å². The van der Waals surface area contributed by atoms with Gasteiger partial charge in [0.2, 0.25) is 0 Å². The van der Waals surface area contributed by atoms with Crippen LogP contribution < -0.4 is 15.4 Å². The average molecular weight is 333 g/mol. The molecule has 6 heteroatoms. The van der Waals surface area contributed by atoms with Crippen molar-refractivity contribution in [1.82, 2.24) is 4.98 Å². The van der Waals surface area contributed by atoms with Crippen molar-refractivity contribution in [2.75, 3.05) is 10.6 Å². The minimum absolute atomic E-state index is 0.454. The molecular formula is C19H15N3O3. The standard InChI is InChI=1S/C19H15N3O3/c1-19(17(23)21-13-8-2-3-10-15(13)25-19)18(24)22-14-9-4-6-12-7-5-11-20-16(12)14/h2-11H,1H3,(H,21,23)(H,22,24)/t19-/m0/s1. The quantitative estimate of drug-likeness (QED) is 0.707. The van der Waals surface area contributed by atoms with Crippen LogP contribution in [0.5, 0.6) is 5.75 Å². The van der Waals surface area contributed by atoms with Crippen molar-refractivity contribution in [2.45, 2.75) is 12.5 Å². The number of carbonyl (C=O) groups excluding carboxylic acids is 2. The summed E-state index contributed by atoms with van der Waals surface area (Å²) < 4.78 is 5.73. The van der Waals surface area contributed by atoms with E-state index in [0.717, 1.165) is 5.39 Å². The molecule has 0 bridgehead atoms. The van der Waals surface area contributed by atoms with Crippen molar-refractivity contribution >= 4 is 34.1 Å². The summed E-state index contributed by atoms with van der Waals surface area (Å²) in [6, 6.07) is 16.2. The second kappa shape index (κ2) is 5.59. The van der Waals surface area contributed by atoms with Crippen molar-refractivity contribution in [3.63, 3.8) is 0 Å². The number of ether oxygens (including phenoxy) is 1. The van der Waals surface area contributed by atoms with Crippen LogP contribution in [-0.2, 0) is 9.59 Å². The van der Waals surface area contributed by atoms with Gasteiger partial charge in [0.25, 0.3) is 17.4 Å². The van der Waals surface area contributed by atoms with Gasteiger partial charge in [0.15, 0.2) is 0 Å². The number of fused-ring (bicyclic) bond motifs is 2. The number of benzene rings is 2. The summed E-state index contributed by atoms with van der Waals surface area (Å²) in [6.07, 6.45) is 1.65. The van der Waals surface area contributed by atoms with Gasteiger partial charge in [-0.25, -0.2) is 0 Å². The maximum absolute atomic E-state index is 12.8. The molecule has 124 valence electrons. The van der Waals surface area contributed by atoms with Crippen LogP contribution in [0, 0.1) is 0 Å². The topological polar surface area (TPSA) is 80.3 Å². The smallest absolute Gasteiger partial charge is 0.278 e. The number of para-hydroxylation sites is 3. The zero-order valence-corrected chi connectivity index (χ0v) is 13.4. The highest BCUT2D eigenvalue weighted by Gasteiger charge is 2.47. The Labute approximate surface area is 143 Å². The largest absolute Gasteiger partial charge is 0.466 e. The fraction of sp³-hybridized carbons (Fsp3) is 0.105. The molecule has 0 saturated heterocycles. The maximum atomic E-state index is 12.8. The predicted molar refractivity (Wildman–Crippen MR) is 94.5 cm³/mol. The number of anilines is 2. The second-order valence-corrected chi connectivity index (χ2v) is 5.92.